The first kappa shape index (κ1) is 8.94. The minimum absolute atomic E-state index is 0.702. The molecule has 2 rings (SSSR count). The molecule has 3 nitrogen and oxygen atoms in total. The third-order valence-electron chi connectivity index (χ3n) is 2.24. The van der Waals surface area contributed by atoms with E-state index >= 15 is 0 Å². The minimum atomic E-state index is 0.702. The van der Waals surface area contributed by atoms with Crippen LogP contribution >= 0.6 is 0 Å². The number of aromatic nitrogens is 2. The van der Waals surface area contributed by atoms with Gasteiger partial charge in [-0.2, -0.15) is 5.10 Å². The van der Waals surface area contributed by atoms with E-state index in [1.165, 1.54) is 0 Å². The van der Waals surface area contributed by atoms with Crippen molar-refractivity contribution in [3.05, 3.63) is 30.0 Å². The molecule has 0 aliphatic heterocycles. The molecular weight excluding hydrogens is 176 g/mol. The van der Waals surface area contributed by atoms with Crippen LogP contribution in [0, 0.1) is 0 Å². The van der Waals surface area contributed by atoms with Gasteiger partial charge in [0.2, 0.25) is 0 Å². The molecule has 1 aromatic heterocycles. The van der Waals surface area contributed by atoms with Gasteiger partial charge in [0, 0.05) is 17.5 Å². The lowest BCUT2D eigenvalue weighted by Gasteiger charge is -1.99. The van der Waals surface area contributed by atoms with Gasteiger partial charge in [-0.25, -0.2) is 0 Å². The molecular formula is C11H12N2O. The summed E-state index contributed by atoms with van der Waals surface area (Å²) in [6.45, 7) is 3.04. The first-order valence-electron chi connectivity index (χ1n) is 4.76. The molecule has 0 amide bonds. The lowest BCUT2D eigenvalue weighted by molar-refractivity contribution is 0.112. The van der Waals surface area contributed by atoms with Crippen molar-refractivity contribution >= 4 is 17.2 Å². The van der Waals surface area contributed by atoms with Crippen LogP contribution in [0.3, 0.4) is 0 Å². The molecule has 0 atom stereocenters. The zero-order valence-electron chi connectivity index (χ0n) is 8.10. The average molecular weight is 188 g/mol. The molecule has 72 valence electrons. The van der Waals surface area contributed by atoms with Gasteiger partial charge in [0.1, 0.15) is 6.29 Å². The number of aryl methyl sites for hydroxylation is 1. The van der Waals surface area contributed by atoms with Gasteiger partial charge in [0.25, 0.3) is 0 Å². The Balaban J connectivity index is 2.53. The van der Waals surface area contributed by atoms with E-state index < -0.39 is 0 Å². The van der Waals surface area contributed by atoms with Gasteiger partial charge in [0.05, 0.1) is 11.7 Å². The van der Waals surface area contributed by atoms with E-state index in [1.807, 2.05) is 22.9 Å². The highest BCUT2D eigenvalue weighted by Crippen LogP contribution is 2.15. The highest BCUT2D eigenvalue weighted by Gasteiger charge is 2.01. The summed E-state index contributed by atoms with van der Waals surface area (Å²) in [4.78, 5) is 10.6. The molecule has 1 aromatic carbocycles. The van der Waals surface area contributed by atoms with E-state index in [0.29, 0.717) is 5.56 Å². The van der Waals surface area contributed by atoms with Crippen molar-refractivity contribution in [3.63, 3.8) is 0 Å². The Morgan fingerprint density at radius 3 is 3.07 bits per heavy atom. The number of carbonyl (C=O) groups excluding carboxylic acids is 1. The summed E-state index contributed by atoms with van der Waals surface area (Å²) in [5.74, 6) is 0. The Morgan fingerprint density at radius 1 is 1.50 bits per heavy atom. The number of carbonyl (C=O) groups is 1. The van der Waals surface area contributed by atoms with Crippen LogP contribution in [0.5, 0.6) is 0 Å². The molecule has 3 heteroatoms. The van der Waals surface area contributed by atoms with Gasteiger partial charge in [-0.15, -0.1) is 0 Å². The van der Waals surface area contributed by atoms with Gasteiger partial charge in [-0.05, 0) is 24.6 Å². The van der Waals surface area contributed by atoms with Crippen LogP contribution in [0.1, 0.15) is 23.7 Å². The topological polar surface area (TPSA) is 34.9 Å². The van der Waals surface area contributed by atoms with E-state index in [9.17, 15) is 4.79 Å². The Bertz CT molecular complexity index is 459. The largest absolute Gasteiger partial charge is 0.298 e. The highest BCUT2D eigenvalue weighted by atomic mass is 16.1. The maximum absolute atomic E-state index is 10.6. The molecule has 0 N–H and O–H groups in total. The molecule has 0 radical (unpaired) electrons. The van der Waals surface area contributed by atoms with Crippen LogP contribution in [0.2, 0.25) is 0 Å². The lowest BCUT2D eigenvalue weighted by atomic mass is 10.2. The molecule has 2 aromatic rings. The average Bonchev–Trinajstić information content (AvgIpc) is 2.61. The minimum Gasteiger partial charge on any atom is -0.298 e. The summed E-state index contributed by atoms with van der Waals surface area (Å²) >= 11 is 0. The second-order valence-corrected chi connectivity index (χ2v) is 3.30. The molecule has 0 saturated carbocycles. The predicted octanol–water partition coefficient (Wildman–Crippen LogP) is 2.26. The second kappa shape index (κ2) is 3.62. The van der Waals surface area contributed by atoms with E-state index in [4.69, 9.17) is 0 Å². The molecule has 14 heavy (non-hydrogen) atoms. The van der Waals surface area contributed by atoms with Gasteiger partial charge in [-0.1, -0.05) is 6.92 Å². The fraction of sp³-hybridized carbons (Fsp3) is 0.273. The molecule has 0 saturated heterocycles. The Labute approximate surface area is 82.3 Å². The van der Waals surface area contributed by atoms with Crippen LogP contribution in [-0.2, 0) is 6.54 Å². The number of fused-ring (bicyclic) bond motifs is 1. The summed E-state index contributed by atoms with van der Waals surface area (Å²) in [7, 11) is 0. The SMILES string of the molecule is CCCn1ncc2cc(C=O)ccc21. The first-order valence-corrected chi connectivity index (χ1v) is 4.76. The zero-order valence-corrected chi connectivity index (χ0v) is 8.10. The van der Waals surface area contributed by atoms with Gasteiger partial charge in [0.15, 0.2) is 0 Å². The summed E-state index contributed by atoms with van der Waals surface area (Å²) in [6.07, 6.45) is 3.72. The van der Waals surface area contributed by atoms with Gasteiger partial charge in [-0.3, -0.25) is 9.48 Å². The van der Waals surface area contributed by atoms with Crippen molar-refractivity contribution in [2.75, 3.05) is 0 Å². The number of hydrogen-bond donors (Lipinski definition) is 0. The number of aldehydes is 1. The number of nitrogens with zero attached hydrogens (tertiary/aromatic N) is 2. The van der Waals surface area contributed by atoms with Crippen LogP contribution in [0.4, 0.5) is 0 Å². The van der Waals surface area contributed by atoms with Crippen LogP contribution in [0.15, 0.2) is 24.4 Å². The zero-order chi connectivity index (χ0) is 9.97. The monoisotopic (exact) mass is 188 g/mol. The normalized spacial score (nSPS) is 10.6. The van der Waals surface area contributed by atoms with Gasteiger partial charge < -0.3 is 0 Å². The van der Waals surface area contributed by atoms with Crippen LogP contribution in [0.25, 0.3) is 10.9 Å². The maximum atomic E-state index is 10.6. The van der Waals surface area contributed by atoms with Crippen molar-refractivity contribution in [1.29, 1.82) is 0 Å². The molecule has 1 heterocycles. The standard InChI is InChI=1S/C11H12N2O/c1-2-5-13-11-4-3-9(8-14)6-10(11)7-12-13/h3-4,6-8H,2,5H2,1H3. The summed E-state index contributed by atoms with van der Waals surface area (Å²) in [5.41, 5.74) is 1.80. The van der Waals surface area contributed by atoms with Crippen molar-refractivity contribution in [3.8, 4) is 0 Å². The second-order valence-electron chi connectivity index (χ2n) is 3.30. The third kappa shape index (κ3) is 1.41. The highest BCUT2D eigenvalue weighted by molar-refractivity contribution is 5.86. The summed E-state index contributed by atoms with van der Waals surface area (Å²) in [5, 5.41) is 5.29. The predicted molar refractivity (Wildman–Crippen MR) is 55.4 cm³/mol. The number of benzene rings is 1. The van der Waals surface area contributed by atoms with Crippen LogP contribution < -0.4 is 0 Å². The molecule has 0 fully saturated rings. The fourth-order valence-electron chi connectivity index (χ4n) is 1.57. The quantitative estimate of drug-likeness (QED) is 0.692. The van der Waals surface area contributed by atoms with E-state index in [2.05, 4.69) is 12.0 Å². The summed E-state index contributed by atoms with van der Waals surface area (Å²) in [6, 6.07) is 5.63. The number of rotatable bonds is 3. The Hall–Kier alpha value is -1.64. The van der Waals surface area contributed by atoms with Crippen molar-refractivity contribution in [1.82, 2.24) is 9.78 Å². The first-order chi connectivity index (χ1) is 6.85. The number of hydrogen-bond acceptors (Lipinski definition) is 2. The van der Waals surface area contributed by atoms with E-state index in [1.54, 1.807) is 6.20 Å². The van der Waals surface area contributed by atoms with Crippen molar-refractivity contribution in [2.45, 2.75) is 19.9 Å². The van der Waals surface area contributed by atoms with Crippen LogP contribution in [-0.4, -0.2) is 16.1 Å². The molecule has 0 aliphatic rings. The summed E-state index contributed by atoms with van der Waals surface area (Å²) < 4.78 is 1.96. The van der Waals surface area contributed by atoms with Gasteiger partial charge >= 0.3 is 0 Å². The molecule has 0 unspecified atom stereocenters. The smallest absolute Gasteiger partial charge is 0.150 e. The molecule has 0 aliphatic carbocycles. The Morgan fingerprint density at radius 2 is 2.36 bits per heavy atom. The molecule has 0 spiro atoms. The Kier molecular flexibility index (Phi) is 2.31. The van der Waals surface area contributed by atoms with Crippen molar-refractivity contribution in [2.24, 2.45) is 0 Å². The lowest BCUT2D eigenvalue weighted by Crippen LogP contribution is -1.97. The third-order valence-corrected chi connectivity index (χ3v) is 2.24. The fourth-order valence-corrected chi connectivity index (χ4v) is 1.57. The van der Waals surface area contributed by atoms with E-state index in [0.717, 1.165) is 30.2 Å². The maximum Gasteiger partial charge on any atom is 0.150 e. The van der Waals surface area contributed by atoms with E-state index in [-0.39, 0.29) is 0 Å². The van der Waals surface area contributed by atoms with Crippen molar-refractivity contribution < 1.29 is 4.79 Å². The molecule has 0 bridgehead atoms.